The van der Waals surface area contributed by atoms with Crippen LogP contribution in [0.25, 0.3) is 0 Å². The van der Waals surface area contributed by atoms with E-state index in [-0.39, 0.29) is 29.0 Å². The molecule has 7 nitrogen and oxygen atoms in total. The van der Waals surface area contributed by atoms with E-state index in [1.165, 1.54) is 0 Å². The highest BCUT2D eigenvalue weighted by Gasteiger charge is 2.32. The van der Waals surface area contributed by atoms with Crippen molar-refractivity contribution in [2.75, 3.05) is 16.8 Å². The number of thioether (sulfide) groups is 1. The highest BCUT2D eigenvalue weighted by atomic mass is 79.9. The second kappa shape index (κ2) is 7.73. The van der Waals surface area contributed by atoms with E-state index in [4.69, 9.17) is 5.73 Å². The van der Waals surface area contributed by atoms with Crippen LogP contribution in [0.1, 0.15) is 35.4 Å². The number of halogens is 1. The summed E-state index contributed by atoms with van der Waals surface area (Å²) < 4.78 is 0.616. The van der Waals surface area contributed by atoms with Crippen molar-refractivity contribution in [1.82, 2.24) is 9.97 Å². The molecule has 1 fully saturated rings. The number of hydrogen-bond donors (Lipinski definition) is 2. The van der Waals surface area contributed by atoms with E-state index in [2.05, 4.69) is 43.4 Å². The smallest absolute Gasteiger partial charge is 0.235 e. The average Bonchev–Trinajstić information content (AvgIpc) is 3.44. The fourth-order valence-electron chi connectivity index (χ4n) is 2.50. The van der Waals surface area contributed by atoms with Gasteiger partial charge in [-0.3, -0.25) is 4.79 Å². The number of rotatable bonds is 5. The Kier molecular flexibility index (Phi) is 5.40. The molecular weight excluding hydrogens is 416 g/mol. The van der Waals surface area contributed by atoms with Gasteiger partial charge in [-0.25, -0.2) is 9.97 Å². The van der Waals surface area contributed by atoms with Crippen molar-refractivity contribution in [3.8, 4) is 12.1 Å². The first kappa shape index (κ1) is 18.2. The van der Waals surface area contributed by atoms with Gasteiger partial charge in [0.15, 0.2) is 0 Å². The SMILES string of the molecule is N#Cc1c(N)nc(SCC(=O)Nc2cccc(Br)n2)c(C#N)c1C1CC1. The maximum absolute atomic E-state index is 12.2. The lowest BCUT2D eigenvalue weighted by atomic mass is 10.0. The van der Waals surface area contributed by atoms with E-state index in [0.29, 0.717) is 26.6 Å². The highest BCUT2D eigenvalue weighted by Crippen LogP contribution is 2.45. The minimum absolute atomic E-state index is 0.0469. The standard InChI is InChI=1S/C17H13BrN6OS/c18-12-2-1-3-13(22-12)23-14(25)8-26-17-11(7-20)15(9-4-5-9)10(6-19)16(21)24-17/h1-3,9H,4-5,8H2,(H2,21,24)(H,22,23,25). The number of nitrogens with one attached hydrogen (secondary N) is 1. The Bertz CT molecular complexity index is 961. The first-order valence-electron chi connectivity index (χ1n) is 7.72. The molecule has 0 radical (unpaired) electrons. The van der Waals surface area contributed by atoms with Crippen LogP contribution in [0.5, 0.6) is 0 Å². The van der Waals surface area contributed by atoms with Gasteiger partial charge in [0.05, 0.1) is 16.9 Å². The van der Waals surface area contributed by atoms with Crippen LogP contribution in [0.4, 0.5) is 11.6 Å². The van der Waals surface area contributed by atoms with Gasteiger partial charge in [0.1, 0.15) is 33.4 Å². The minimum atomic E-state index is -0.276. The zero-order valence-electron chi connectivity index (χ0n) is 13.5. The Morgan fingerprint density at radius 2 is 2.04 bits per heavy atom. The molecular formula is C17H13BrN6OS. The van der Waals surface area contributed by atoms with E-state index in [0.717, 1.165) is 24.6 Å². The van der Waals surface area contributed by atoms with Gasteiger partial charge in [0.2, 0.25) is 5.91 Å². The predicted octanol–water partition coefficient (Wildman–Crippen LogP) is 3.17. The molecule has 2 aromatic rings. The molecule has 0 aliphatic heterocycles. The van der Waals surface area contributed by atoms with Gasteiger partial charge in [-0.05, 0) is 52.4 Å². The zero-order valence-corrected chi connectivity index (χ0v) is 15.9. The van der Waals surface area contributed by atoms with Crippen molar-refractivity contribution < 1.29 is 4.79 Å². The minimum Gasteiger partial charge on any atom is -0.383 e. The topological polar surface area (TPSA) is 128 Å². The largest absolute Gasteiger partial charge is 0.383 e. The Labute approximate surface area is 162 Å². The van der Waals surface area contributed by atoms with Crippen molar-refractivity contribution in [3.05, 3.63) is 39.5 Å². The van der Waals surface area contributed by atoms with Gasteiger partial charge in [0.25, 0.3) is 0 Å². The van der Waals surface area contributed by atoms with E-state index >= 15 is 0 Å². The molecule has 0 spiro atoms. The van der Waals surface area contributed by atoms with Crippen molar-refractivity contribution in [3.63, 3.8) is 0 Å². The summed E-state index contributed by atoms with van der Waals surface area (Å²) in [6.45, 7) is 0. The molecule has 1 amide bonds. The third kappa shape index (κ3) is 3.96. The van der Waals surface area contributed by atoms with Crippen LogP contribution in [-0.2, 0) is 4.79 Å². The molecule has 2 aromatic heterocycles. The number of pyridine rings is 2. The second-order valence-electron chi connectivity index (χ2n) is 5.65. The Morgan fingerprint density at radius 1 is 1.31 bits per heavy atom. The van der Waals surface area contributed by atoms with Crippen LogP contribution in [0.15, 0.2) is 27.8 Å². The molecule has 0 saturated heterocycles. The van der Waals surface area contributed by atoms with Crippen molar-refractivity contribution >= 4 is 45.2 Å². The lowest BCUT2D eigenvalue weighted by Crippen LogP contribution is -2.15. The fraction of sp³-hybridized carbons (Fsp3) is 0.235. The zero-order chi connectivity index (χ0) is 18.7. The average molecular weight is 429 g/mol. The predicted molar refractivity (Wildman–Crippen MR) is 101 cm³/mol. The van der Waals surface area contributed by atoms with E-state index in [9.17, 15) is 15.3 Å². The van der Waals surface area contributed by atoms with Crippen LogP contribution in [-0.4, -0.2) is 21.6 Å². The number of carbonyl (C=O) groups is 1. The van der Waals surface area contributed by atoms with Gasteiger partial charge in [-0.1, -0.05) is 17.8 Å². The molecule has 1 aliphatic carbocycles. The van der Waals surface area contributed by atoms with Crippen LogP contribution in [0, 0.1) is 22.7 Å². The monoisotopic (exact) mass is 428 g/mol. The van der Waals surface area contributed by atoms with Gasteiger partial charge in [-0.15, -0.1) is 0 Å². The number of amides is 1. The maximum Gasteiger partial charge on any atom is 0.235 e. The molecule has 0 aromatic carbocycles. The molecule has 0 unspecified atom stereocenters. The number of nitrogen functional groups attached to an aromatic ring is 1. The van der Waals surface area contributed by atoms with Gasteiger partial charge in [0, 0.05) is 0 Å². The Balaban J connectivity index is 1.79. The molecule has 3 N–H and O–H groups in total. The third-order valence-electron chi connectivity index (χ3n) is 3.76. The quantitative estimate of drug-likeness (QED) is 0.552. The van der Waals surface area contributed by atoms with E-state index in [1.54, 1.807) is 18.2 Å². The number of anilines is 2. The molecule has 2 heterocycles. The van der Waals surface area contributed by atoms with Gasteiger partial charge in [-0.2, -0.15) is 10.5 Å². The number of aromatic nitrogens is 2. The molecule has 0 bridgehead atoms. The van der Waals surface area contributed by atoms with Gasteiger partial charge < -0.3 is 11.1 Å². The number of nitrogens with two attached hydrogens (primary N) is 1. The fourth-order valence-corrected chi connectivity index (χ4v) is 3.65. The summed E-state index contributed by atoms with van der Waals surface area (Å²) in [6, 6.07) is 9.37. The molecule has 3 rings (SSSR count). The normalized spacial score (nSPS) is 12.9. The van der Waals surface area contributed by atoms with Crippen molar-refractivity contribution in [2.24, 2.45) is 0 Å². The van der Waals surface area contributed by atoms with Crippen molar-refractivity contribution in [1.29, 1.82) is 10.5 Å². The molecule has 26 heavy (non-hydrogen) atoms. The summed E-state index contributed by atoms with van der Waals surface area (Å²) >= 11 is 4.36. The van der Waals surface area contributed by atoms with Crippen molar-refractivity contribution in [2.45, 2.75) is 23.8 Å². The molecule has 9 heteroatoms. The number of nitrogens with zero attached hydrogens (tertiary/aromatic N) is 4. The molecule has 1 aliphatic rings. The van der Waals surface area contributed by atoms with E-state index < -0.39 is 0 Å². The van der Waals surface area contributed by atoms with Crippen LogP contribution in [0.2, 0.25) is 0 Å². The number of hydrogen-bond acceptors (Lipinski definition) is 7. The summed E-state index contributed by atoms with van der Waals surface area (Å²) in [5.74, 6) is 0.470. The summed E-state index contributed by atoms with van der Waals surface area (Å²) in [6.07, 6.45) is 1.85. The summed E-state index contributed by atoms with van der Waals surface area (Å²) in [7, 11) is 0. The lowest BCUT2D eigenvalue weighted by molar-refractivity contribution is -0.113. The molecule has 1 saturated carbocycles. The third-order valence-corrected chi connectivity index (χ3v) is 5.18. The Morgan fingerprint density at radius 3 is 2.65 bits per heavy atom. The van der Waals surface area contributed by atoms with Crippen LogP contribution in [0.3, 0.4) is 0 Å². The second-order valence-corrected chi connectivity index (χ2v) is 7.42. The van der Waals surface area contributed by atoms with E-state index in [1.807, 2.05) is 0 Å². The lowest BCUT2D eigenvalue weighted by Gasteiger charge is -2.12. The maximum atomic E-state index is 12.2. The van der Waals surface area contributed by atoms with Crippen LogP contribution < -0.4 is 11.1 Å². The number of carbonyl (C=O) groups excluding carboxylic acids is 1. The van der Waals surface area contributed by atoms with Gasteiger partial charge >= 0.3 is 0 Å². The first-order valence-corrected chi connectivity index (χ1v) is 9.50. The summed E-state index contributed by atoms with van der Waals surface area (Å²) in [5, 5.41) is 21.9. The summed E-state index contributed by atoms with van der Waals surface area (Å²) in [5.41, 5.74) is 7.18. The number of nitriles is 2. The summed E-state index contributed by atoms with van der Waals surface area (Å²) in [4.78, 5) is 20.5. The van der Waals surface area contributed by atoms with Crippen LogP contribution >= 0.6 is 27.7 Å². The Hall–Kier alpha value is -2.62. The first-order chi connectivity index (χ1) is 12.5. The highest BCUT2D eigenvalue weighted by molar-refractivity contribution is 9.10. The molecule has 130 valence electrons. The molecule has 0 atom stereocenters.